The summed E-state index contributed by atoms with van der Waals surface area (Å²) in [6.45, 7) is 3.20. The number of sulfonamides is 1. The van der Waals surface area contributed by atoms with Crippen LogP contribution in [0.25, 0.3) is 0 Å². The predicted molar refractivity (Wildman–Crippen MR) is 73.2 cm³/mol. The zero-order chi connectivity index (χ0) is 14.6. The molecule has 1 aromatic carbocycles. The summed E-state index contributed by atoms with van der Waals surface area (Å²) in [5.41, 5.74) is 0.855. The zero-order valence-electron chi connectivity index (χ0n) is 11.6. The molecule has 1 aromatic rings. The molecule has 1 saturated heterocycles. The normalized spacial score (nSPS) is 16.5. The smallest absolute Gasteiger partial charge is 0.244 e. The van der Waals surface area contributed by atoms with Crippen molar-refractivity contribution in [1.82, 2.24) is 4.72 Å². The third-order valence-electron chi connectivity index (χ3n) is 2.97. The van der Waals surface area contributed by atoms with Crippen molar-refractivity contribution in [2.24, 2.45) is 0 Å². The molecular weight excluding hydrogens is 282 g/mol. The summed E-state index contributed by atoms with van der Waals surface area (Å²) in [6.07, 6.45) is 0.157. The van der Waals surface area contributed by atoms with E-state index in [-0.39, 0.29) is 17.7 Å². The van der Waals surface area contributed by atoms with Crippen LogP contribution in [0.1, 0.15) is 12.0 Å². The van der Waals surface area contributed by atoms with Gasteiger partial charge in [0.15, 0.2) is 6.29 Å². The van der Waals surface area contributed by atoms with Crippen molar-refractivity contribution in [3.63, 3.8) is 0 Å². The average molecular weight is 301 g/mol. The van der Waals surface area contributed by atoms with Gasteiger partial charge in [-0.1, -0.05) is 6.07 Å². The van der Waals surface area contributed by atoms with E-state index >= 15 is 0 Å². The Balaban J connectivity index is 2.03. The molecule has 0 radical (unpaired) electrons. The van der Waals surface area contributed by atoms with Gasteiger partial charge in [-0.05, 0) is 24.6 Å². The summed E-state index contributed by atoms with van der Waals surface area (Å²) in [5.74, 6) is 0.330. The maximum Gasteiger partial charge on any atom is 0.244 e. The first-order valence-electron chi connectivity index (χ1n) is 6.40. The van der Waals surface area contributed by atoms with E-state index in [1.165, 1.54) is 7.11 Å². The lowest BCUT2D eigenvalue weighted by molar-refractivity contribution is -0.0451. The number of hydrogen-bond donors (Lipinski definition) is 1. The molecule has 0 saturated carbocycles. The van der Waals surface area contributed by atoms with E-state index in [1.807, 2.05) is 6.92 Å². The van der Waals surface area contributed by atoms with Crippen LogP contribution in [-0.2, 0) is 19.5 Å². The topological polar surface area (TPSA) is 73.9 Å². The molecule has 0 bridgehead atoms. The highest BCUT2D eigenvalue weighted by atomic mass is 32.2. The summed E-state index contributed by atoms with van der Waals surface area (Å²) < 4.78 is 42.7. The quantitative estimate of drug-likeness (QED) is 0.850. The maximum absolute atomic E-state index is 12.3. The number of nitrogens with one attached hydrogen (secondary N) is 1. The number of methoxy groups -OCH3 is 1. The van der Waals surface area contributed by atoms with Crippen molar-refractivity contribution in [2.75, 3.05) is 26.9 Å². The van der Waals surface area contributed by atoms with E-state index in [4.69, 9.17) is 14.2 Å². The molecule has 0 amide bonds. The molecule has 0 spiro atoms. The molecule has 1 fully saturated rings. The highest BCUT2D eigenvalue weighted by molar-refractivity contribution is 7.89. The lowest BCUT2D eigenvalue weighted by Crippen LogP contribution is -2.28. The van der Waals surface area contributed by atoms with Crippen LogP contribution in [-0.4, -0.2) is 41.6 Å². The lowest BCUT2D eigenvalue weighted by Gasteiger charge is -2.13. The van der Waals surface area contributed by atoms with Crippen LogP contribution in [0, 0.1) is 6.92 Å². The Labute approximate surface area is 119 Å². The summed E-state index contributed by atoms with van der Waals surface area (Å²) in [5, 5.41) is 0. The minimum atomic E-state index is -3.60. The van der Waals surface area contributed by atoms with Gasteiger partial charge in [0.1, 0.15) is 10.6 Å². The standard InChI is InChI=1S/C13H19NO5S/c1-10-3-4-11(17-2)12(9-10)20(15,16)14-6-5-13-18-7-8-19-13/h3-4,9,13-14H,5-8H2,1-2H3. The van der Waals surface area contributed by atoms with Crippen molar-refractivity contribution in [3.05, 3.63) is 23.8 Å². The van der Waals surface area contributed by atoms with E-state index < -0.39 is 10.0 Å². The van der Waals surface area contributed by atoms with Crippen LogP contribution >= 0.6 is 0 Å². The largest absolute Gasteiger partial charge is 0.495 e. The van der Waals surface area contributed by atoms with Crippen molar-refractivity contribution in [3.8, 4) is 5.75 Å². The summed E-state index contributed by atoms with van der Waals surface area (Å²) >= 11 is 0. The van der Waals surface area contributed by atoms with E-state index in [2.05, 4.69) is 4.72 Å². The molecule has 0 aliphatic carbocycles. The van der Waals surface area contributed by atoms with Crippen LogP contribution in [0.3, 0.4) is 0 Å². The summed E-state index contributed by atoms with van der Waals surface area (Å²) in [4.78, 5) is 0.147. The molecule has 1 aliphatic heterocycles. The highest BCUT2D eigenvalue weighted by Crippen LogP contribution is 2.24. The number of ether oxygens (including phenoxy) is 3. The van der Waals surface area contributed by atoms with Crippen molar-refractivity contribution in [1.29, 1.82) is 0 Å². The van der Waals surface area contributed by atoms with Crippen LogP contribution in [0.5, 0.6) is 5.75 Å². The zero-order valence-corrected chi connectivity index (χ0v) is 12.4. The Bertz CT molecular complexity index is 552. The molecule has 1 heterocycles. The van der Waals surface area contributed by atoms with Gasteiger partial charge in [-0.25, -0.2) is 13.1 Å². The molecule has 20 heavy (non-hydrogen) atoms. The number of hydrogen-bond acceptors (Lipinski definition) is 5. The summed E-state index contributed by atoms with van der Waals surface area (Å²) in [7, 11) is -2.16. The molecule has 0 unspecified atom stereocenters. The summed E-state index contributed by atoms with van der Waals surface area (Å²) in [6, 6.07) is 5.04. The Morgan fingerprint density at radius 3 is 2.70 bits per heavy atom. The minimum Gasteiger partial charge on any atom is -0.495 e. The Morgan fingerprint density at radius 2 is 2.05 bits per heavy atom. The molecule has 6 nitrogen and oxygen atoms in total. The van der Waals surface area contributed by atoms with Gasteiger partial charge in [-0.2, -0.15) is 0 Å². The Kier molecular flexibility index (Phi) is 4.98. The number of rotatable bonds is 6. The minimum absolute atomic E-state index is 0.147. The second kappa shape index (κ2) is 6.53. The van der Waals surface area contributed by atoms with Gasteiger partial charge in [0.2, 0.25) is 10.0 Å². The van der Waals surface area contributed by atoms with Gasteiger partial charge in [0.05, 0.1) is 20.3 Å². The SMILES string of the molecule is COc1ccc(C)cc1S(=O)(=O)NCCC1OCCO1. The fraction of sp³-hybridized carbons (Fsp3) is 0.538. The number of aryl methyl sites for hydroxylation is 1. The van der Waals surface area contributed by atoms with E-state index in [0.29, 0.717) is 25.4 Å². The van der Waals surface area contributed by atoms with Crippen LogP contribution < -0.4 is 9.46 Å². The Morgan fingerprint density at radius 1 is 1.35 bits per heavy atom. The third-order valence-corrected chi connectivity index (χ3v) is 4.45. The van der Waals surface area contributed by atoms with Crippen LogP contribution in [0.2, 0.25) is 0 Å². The molecule has 2 rings (SSSR count). The molecule has 1 N–H and O–H groups in total. The highest BCUT2D eigenvalue weighted by Gasteiger charge is 2.21. The second-order valence-electron chi connectivity index (χ2n) is 4.51. The first kappa shape index (κ1) is 15.2. The van der Waals surface area contributed by atoms with Gasteiger partial charge in [0, 0.05) is 13.0 Å². The van der Waals surface area contributed by atoms with Gasteiger partial charge in [0.25, 0.3) is 0 Å². The van der Waals surface area contributed by atoms with Crippen molar-refractivity contribution < 1.29 is 22.6 Å². The van der Waals surface area contributed by atoms with Crippen LogP contribution in [0.15, 0.2) is 23.1 Å². The first-order chi connectivity index (χ1) is 9.53. The van der Waals surface area contributed by atoms with E-state index in [1.54, 1.807) is 18.2 Å². The first-order valence-corrected chi connectivity index (χ1v) is 7.89. The van der Waals surface area contributed by atoms with E-state index in [0.717, 1.165) is 5.56 Å². The maximum atomic E-state index is 12.3. The van der Waals surface area contributed by atoms with Gasteiger partial charge in [-0.15, -0.1) is 0 Å². The van der Waals surface area contributed by atoms with Crippen molar-refractivity contribution in [2.45, 2.75) is 24.5 Å². The molecule has 1 aliphatic rings. The van der Waals surface area contributed by atoms with E-state index in [9.17, 15) is 8.42 Å². The average Bonchev–Trinajstić information content (AvgIpc) is 2.91. The molecule has 0 atom stereocenters. The van der Waals surface area contributed by atoms with Gasteiger partial charge >= 0.3 is 0 Å². The second-order valence-corrected chi connectivity index (χ2v) is 6.25. The predicted octanol–water partition coefficient (Wildman–Crippen LogP) is 1.04. The van der Waals surface area contributed by atoms with Gasteiger partial charge in [-0.3, -0.25) is 0 Å². The van der Waals surface area contributed by atoms with Gasteiger partial charge < -0.3 is 14.2 Å². The molecule has 7 heteroatoms. The van der Waals surface area contributed by atoms with Crippen molar-refractivity contribution >= 4 is 10.0 Å². The molecule has 0 aromatic heterocycles. The third kappa shape index (κ3) is 3.69. The number of benzene rings is 1. The fourth-order valence-electron chi connectivity index (χ4n) is 1.96. The Hall–Kier alpha value is -1.15. The monoisotopic (exact) mass is 301 g/mol. The van der Waals surface area contributed by atoms with Crippen LogP contribution in [0.4, 0.5) is 0 Å². The fourth-order valence-corrected chi connectivity index (χ4v) is 3.26. The lowest BCUT2D eigenvalue weighted by atomic mass is 10.2. The molecular formula is C13H19NO5S. The molecule has 112 valence electrons.